The average Bonchev–Trinajstić information content (AvgIpc) is 3.03. The van der Waals surface area contributed by atoms with Crippen LogP contribution in [0.3, 0.4) is 0 Å². The largest absolute Gasteiger partial charge is 0.369 e. The van der Waals surface area contributed by atoms with Gasteiger partial charge in [-0.2, -0.15) is 9.50 Å². The average molecular weight is 299 g/mol. The highest BCUT2D eigenvalue weighted by Gasteiger charge is 2.16. The van der Waals surface area contributed by atoms with Gasteiger partial charge in [-0.15, -0.1) is 5.10 Å². The van der Waals surface area contributed by atoms with Gasteiger partial charge in [0.1, 0.15) is 12.4 Å². The summed E-state index contributed by atoms with van der Waals surface area (Å²) < 4.78 is 4.29. The Balaban J connectivity index is 1.90. The number of benzene rings is 1. The van der Waals surface area contributed by atoms with E-state index in [1.54, 1.807) is 17.6 Å². The molecular formula is C14H15N6S+. The number of hydrogen-bond donors (Lipinski definition) is 2. The molecule has 0 radical (unpaired) electrons. The number of guanidine groups is 1. The maximum atomic E-state index is 5.21. The summed E-state index contributed by atoms with van der Waals surface area (Å²) in [5, 5.41) is 9.44. The third kappa shape index (κ3) is 2.63. The second-order valence-electron chi connectivity index (χ2n) is 4.56. The predicted octanol–water partition coefficient (Wildman–Crippen LogP) is 1.10. The minimum atomic E-state index is -0.0521. The van der Waals surface area contributed by atoms with Crippen molar-refractivity contribution < 1.29 is 4.40 Å². The number of thiazole rings is 1. The van der Waals surface area contributed by atoms with Gasteiger partial charge in [0.15, 0.2) is 5.69 Å². The Morgan fingerprint density at radius 2 is 2.05 bits per heavy atom. The molecule has 0 aliphatic rings. The standard InChI is InChI=1S/C14H15N6S/c1-19-12(9-20-6-7-21-14(19)20)11-4-2-10(3-5-11)8-17-18-13(15)16/h2-9H,1H3,(H4,15,16,18)/q+1/b17-8-. The molecule has 0 aliphatic carbocycles. The van der Waals surface area contributed by atoms with E-state index in [1.165, 1.54) is 4.96 Å². The van der Waals surface area contributed by atoms with E-state index in [4.69, 9.17) is 11.5 Å². The Kier molecular flexibility index (Phi) is 3.41. The number of nitrogens with zero attached hydrogens (tertiary/aromatic N) is 4. The molecule has 7 heteroatoms. The lowest BCUT2D eigenvalue weighted by Crippen LogP contribution is -2.21. The van der Waals surface area contributed by atoms with Crippen molar-refractivity contribution in [1.29, 1.82) is 0 Å². The van der Waals surface area contributed by atoms with Crippen LogP contribution >= 0.6 is 11.3 Å². The summed E-state index contributed by atoms with van der Waals surface area (Å²) in [6.45, 7) is 0. The van der Waals surface area contributed by atoms with Crippen LogP contribution in [0.5, 0.6) is 0 Å². The third-order valence-electron chi connectivity index (χ3n) is 3.11. The lowest BCUT2D eigenvalue weighted by atomic mass is 10.1. The number of imidazole rings is 1. The van der Waals surface area contributed by atoms with Gasteiger partial charge in [0.2, 0.25) is 5.96 Å². The summed E-state index contributed by atoms with van der Waals surface area (Å²) in [5.41, 5.74) is 13.7. The quantitative estimate of drug-likeness (QED) is 0.328. The van der Waals surface area contributed by atoms with E-state index in [0.29, 0.717) is 0 Å². The van der Waals surface area contributed by atoms with Crippen LogP contribution in [0.25, 0.3) is 16.2 Å². The number of hydrogen-bond acceptors (Lipinski definition) is 3. The first kappa shape index (κ1) is 13.3. The normalized spacial score (nSPS) is 11.3. The van der Waals surface area contributed by atoms with E-state index >= 15 is 0 Å². The van der Waals surface area contributed by atoms with Crippen molar-refractivity contribution in [2.24, 2.45) is 28.7 Å². The van der Waals surface area contributed by atoms with Gasteiger partial charge in [0.25, 0.3) is 0 Å². The Hall–Kier alpha value is -2.67. The summed E-state index contributed by atoms with van der Waals surface area (Å²) in [6.07, 6.45) is 5.79. The summed E-state index contributed by atoms with van der Waals surface area (Å²) in [5.74, 6) is -0.0521. The van der Waals surface area contributed by atoms with E-state index in [1.807, 2.05) is 12.1 Å². The lowest BCUT2D eigenvalue weighted by molar-refractivity contribution is -0.505. The van der Waals surface area contributed by atoms with Crippen LogP contribution in [0.15, 0.2) is 52.2 Å². The van der Waals surface area contributed by atoms with Crippen molar-refractivity contribution in [1.82, 2.24) is 4.57 Å². The molecule has 4 N–H and O–H groups in total. The second kappa shape index (κ2) is 5.37. The SMILES string of the molecule is Cn1c(-c2ccc(/C=N\N=C(N)N)cc2)c[n+]2ccsc12. The Morgan fingerprint density at radius 1 is 1.29 bits per heavy atom. The molecule has 0 spiro atoms. The van der Waals surface area contributed by atoms with Crippen LogP contribution in [-0.4, -0.2) is 16.7 Å². The van der Waals surface area contributed by atoms with Gasteiger partial charge in [-0.3, -0.25) is 0 Å². The first-order valence-corrected chi connectivity index (χ1v) is 7.20. The Labute approximate surface area is 125 Å². The van der Waals surface area contributed by atoms with Crippen LogP contribution in [0, 0.1) is 0 Å². The number of aromatic nitrogens is 2. The van der Waals surface area contributed by atoms with E-state index < -0.39 is 0 Å². The summed E-state index contributed by atoms with van der Waals surface area (Å²) in [7, 11) is 2.06. The third-order valence-corrected chi connectivity index (χ3v) is 4.07. The molecule has 0 amide bonds. The number of aryl methyl sites for hydroxylation is 1. The summed E-state index contributed by atoms with van der Waals surface area (Å²) in [6, 6.07) is 8.06. The smallest absolute Gasteiger partial charge is 0.345 e. The predicted molar refractivity (Wildman–Crippen MR) is 85.3 cm³/mol. The highest BCUT2D eigenvalue weighted by molar-refractivity contribution is 7.14. The van der Waals surface area contributed by atoms with Crippen molar-refractivity contribution in [2.75, 3.05) is 0 Å². The number of nitrogens with two attached hydrogens (primary N) is 2. The zero-order valence-corrected chi connectivity index (χ0v) is 12.3. The molecule has 2 aromatic heterocycles. The molecule has 0 atom stereocenters. The van der Waals surface area contributed by atoms with Crippen LogP contribution in [0.4, 0.5) is 0 Å². The molecular weight excluding hydrogens is 284 g/mol. The molecule has 0 fully saturated rings. The molecule has 0 aliphatic heterocycles. The highest BCUT2D eigenvalue weighted by Crippen LogP contribution is 2.21. The number of rotatable bonds is 3. The van der Waals surface area contributed by atoms with Gasteiger partial charge >= 0.3 is 4.96 Å². The van der Waals surface area contributed by atoms with Gasteiger partial charge in [0.05, 0.1) is 13.3 Å². The fourth-order valence-corrected chi connectivity index (χ4v) is 2.93. The Bertz CT molecular complexity index is 821. The van der Waals surface area contributed by atoms with Crippen LogP contribution in [0.2, 0.25) is 0 Å². The number of fused-ring (bicyclic) bond motifs is 1. The molecule has 3 rings (SSSR count). The van der Waals surface area contributed by atoms with Crippen LogP contribution in [0.1, 0.15) is 5.56 Å². The summed E-state index contributed by atoms with van der Waals surface area (Å²) >= 11 is 1.71. The molecule has 6 nitrogen and oxygen atoms in total. The molecule has 2 heterocycles. The second-order valence-corrected chi connectivity index (χ2v) is 5.43. The van der Waals surface area contributed by atoms with Crippen molar-refractivity contribution >= 4 is 28.5 Å². The first-order chi connectivity index (χ1) is 10.1. The van der Waals surface area contributed by atoms with Crippen molar-refractivity contribution in [3.63, 3.8) is 0 Å². The molecule has 21 heavy (non-hydrogen) atoms. The molecule has 0 saturated carbocycles. The molecule has 3 aromatic rings. The Morgan fingerprint density at radius 3 is 2.71 bits per heavy atom. The van der Waals surface area contributed by atoms with Gasteiger partial charge in [-0.1, -0.05) is 23.5 Å². The molecule has 0 unspecified atom stereocenters. The van der Waals surface area contributed by atoms with Gasteiger partial charge in [-0.05, 0) is 17.7 Å². The fourth-order valence-electron chi connectivity index (χ4n) is 2.12. The molecule has 0 saturated heterocycles. The van der Waals surface area contributed by atoms with Crippen molar-refractivity contribution in [3.8, 4) is 11.3 Å². The first-order valence-electron chi connectivity index (χ1n) is 6.32. The van der Waals surface area contributed by atoms with Gasteiger partial charge in [-0.25, -0.2) is 4.57 Å². The fraction of sp³-hybridized carbons (Fsp3) is 0.0714. The lowest BCUT2D eigenvalue weighted by Gasteiger charge is -1.98. The van der Waals surface area contributed by atoms with Crippen LogP contribution < -0.4 is 15.9 Å². The maximum absolute atomic E-state index is 5.21. The minimum Gasteiger partial charge on any atom is -0.369 e. The van der Waals surface area contributed by atoms with E-state index in [2.05, 4.69) is 56.1 Å². The van der Waals surface area contributed by atoms with E-state index in [9.17, 15) is 0 Å². The van der Waals surface area contributed by atoms with Gasteiger partial charge < -0.3 is 11.5 Å². The zero-order valence-electron chi connectivity index (χ0n) is 11.5. The van der Waals surface area contributed by atoms with Crippen molar-refractivity contribution in [3.05, 3.63) is 47.6 Å². The monoisotopic (exact) mass is 299 g/mol. The van der Waals surface area contributed by atoms with Crippen molar-refractivity contribution in [2.45, 2.75) is 0 Å². The maximum Gasteiger partial charge on any atom is 0.345 e. The highest BCUT2D eigenvalue weighted by atomic mass is 32.1. The minimum absolute atomic E-state index is 0.0521. The molecule has 106 valence electrons. The topological polar surface area (TPSA) is 85.8 Å². The van der Waals surface area contributed by atoms with E-state index in [0.717, 1.165) is 16.8 Å². The van der Waals surface area contributed by atoms with Crippen LogP contribution in [-0.2, 0) is 7.05 Å². The molecule has 1 aromatic carbocycles. The zero-order chi connectivity index (χ0) is 14.8. The summed E-state index contributed by atoms with van der Waals surface area (Å²) in [4.78, 5) is 1.20. The molecule has 0 bridgehead atoms. The van der Waals surface area contributed by atoms with Gasteiger partial charge in [0, 0.05) is 10.9 Å². The van der Waals surface area contributed by atoms with E-state index in [-0.39, 0.29) is 5.96 Å².